The summed E-state index contributed by atoms with van der Waals surface area (Å²) in [5.41, 5.74) is 1.79. The smallest absolute Gasteiger partial charge is 0.255 e. The molecule has 1 N–H and O–H groups in total. The third kappa shape index (κ3) is 3.07. The maximum Gasteiger partial charge on any atom is 0.255 e. The van der Waals surface area contributed by atoms with Crippen molar-refractivity contribution in [2.24, 2.45) is 11.8 Å². The van der Waals surface area contributed by atoms with Gasteiger partial charge in [-0.15, -0.1) is 23.2 Å². The number of halogens is 7. The van der Waals surface area contributed by atoms with E-state index in [4.69, 9.17) is 81.2 Å². The van der Waals surface area contributed by atoms with Gasteiger partial charge in [0.05, 0.1) is 27.6 Å². The average molecular weight is 614 g/mol. The lowest BCUT2D eigenvalue weighted by Crippen LogP contribution is -2.50. The zero-order valence-corrected chi connectivity index (χ0v) is 22.8. The van der Waals surface area contributed by atoms with Gasteiger partial charge in [-0.2, -0.15) is 0 Å². The first-order valence-corrected chi connectivity index (χ1v) is 12.8. The Hall–Kier alpha value is -1.18. The largest absolute Gasteiger partial charge is 0.322 e. The van der Waals surface area contributed by atoms with E-state index in [1.54, 1.807) is 25.1 Å². The highest BCUT2D eigenvalue weighted by atomic mass is 35.5. The predicted octanol–water partition coefficient (Wildman–Crippen LogP) is 6.85. The molecule has 0 aromatic heterocycles. The van der Waals surface area contributed by atoms with Crippen LogP contribution in [0.15, 0.2) is 52.5 Å². The van der Waals surface area contributed by atoms with E-state index in [2.05, 4.69) is 5.32 Å². The number of fused-ring (bicyclic) bond motifs is 5. The molecule has 1 aliphatic heterocycles. The Morgan fingerprint density at radius 3 is 1.89 bits per heavy atom. The van der Waals surface area contributed by atoms with Gasteiger partial charge in [-0.3, -0.25) is 14.4 Å². The summed E-state index contributed by atoms with van der Waals surface area (Å²) in [7, 11) is 0. The molecule has 2 fully saturated rings. The highest BCUT2D eigenvalue weighted by Crippen LogP contribution is 2.77. The minimum absolute atomic E-state index is 0.159. The van der Waals surface area contributed by atoms with Crippen molar-refractivity contribution in [2.45, 2.75) is 21.0 Å². The molecule has 2 aromatic rings. The highest BCUT2D eigenvalue weighted by Gasteiger charge is 2.87. The molecule has 1 saturated carbocycles. The van der Waals surface area contributed by atoms with Crippen molar-refractivity contribution in [3.05, 3.63) is 68.7 Å². The summed E-state index contributed by atoms with van der Waals surface area (Å²) < 4.78 is -2.00. The van der Waals surface area contributed by atoms with Crippen molar-refractivity contribution in [3.63, 3.8) is 0 Å². The highest BCUT2D eigenvalue weighted by molar-refractivity contribution is 6.67. The van der Waals surface area contributed by atoms with E-state index in [0.717, 1.165) is 10.5 Å². The van der Waals surface area contributed by atoms with Crippen molar-refractivity contribution >= 4 is 110 Å². The number of carbonyl (C=O) groups is 3. The van der Waals surface area contributed by atoms with Crippen LogP contribution in [-0.2, 0) is 9.59 Å². The first-order valence-electron chi connectivity index (χ1n) is 10.2. The fourth-order valence-corrected chi connectivity index (χ4v) is 8.05. The van der Waals surface area contributed by atoms with Crippen molar-refractivity contribution < 1.29 is 14.4 Å². The second-order valence-corrected chi connectivity index (χ2v) is 12.2. The zero-order chi connectivity index (χ0) is 25.7. The van der Waals surface area contributed by atoms with Crippen LogP contribution in [0.4, 0.5) is 11.4 Å². The molecule has 4 atom stereocenters. The summed E-state index contributed by atoms with van der Waals surface area (Å²) >= 11 is 45.2. The van der Waals surface area contributed by atoms with Gasteiger partial charge in [-0.1, -0.05) is 64.1 Å². The standard InChI is InChI=1S/C23H13Cl7N2O3/c1-9-12(24)3-2-4-13(9)31-18(33)10-5-7-11(8-6-10)32-19(34)14-15(20(32)35)22(28)17(26)16(25)21(14,27)23(22,29)30/h2-8,14-15H,1H3,(H,31,33)/t14-,15-,21-,22-/m1/s1. The molecule has 5 rings (SSSR count). The number of hydrogen-bond acceptors (Lipinski definition) is 3. The van der Waals surface area contributed by atoms with Crippen LogP contribution in [0.2, 0.25) is 5.02 Å². The van der Waals surface area contributed by atoms with Gasteiger partial charge in [0, 0.05) is 16.3 Å². The van der Waals surface area contributed by atoms with Gasteiger partial charge in [0.15, 0.2) is 4.33 Å². The number of anilines is 2. The molecule has 12 heteroatoms. The zero-order valence-electron chi connectivity index (χ0n) is 17.5. The Labute approximate surface area is 235 Å². The van der Waals surface area contributed by atoms with E-state index in [1.807, 2.05) is 0 Å². The van der Waals surface area contributed by atoms with Crippen LogP contribution < -0.4 is 10.2 Å². The summed E-state index contributed by atoms with van der Waals surface area (Å²) in [4.78, 5) is 36.8. The minimum Gasteiger partial charge on any atom is -0.322 e. The molecule has 35 heavy (non-hydrogen) atoms. The second kappa shape index (κ2) is 8.16. The molecule has 3 amide bonds. The van der Waals surface area contributed by atoms with Crippen LogP contribution in [0.25, 0.3) is 0 Å². The van der Waals surface area contributed by atoms with Gasteiger partial charge in [0.1, 0.15) is 9.75 Å². The molecule has 2 aromatic carbocycles. The lowest BCUT2D eigenvalue weighted by molar-refractivity contribution is -0.123. The molecule has 0 spiro atoms. The van der Waals surface area contributed by atoms with E-state index in [0.29, 0.717) is 16.3 Å². The minimum atomic E-state index is -2.00. The molecule has 1 heterocycles. The van der Waals surface area contributed by atoms with Gasteiger partial charge < -0.3 is 5.32 Å². The van der Waals surface area contributed by atoms with E-state index < -0.39 is 43.6 Å². The first-order chi connectivity index (χ1) is 16.3. The molecular weight excluding hydrogens is 600 g/mol. The Balaban J connectivity index is 1.44. The summed E-state index contributed by atoms with van der Waals surface area (Å²) in [6.07, 6.45) is 0. The molecule has 3 aliphatic rings. The van der Waals surface area contributed by atoms with Gasteiger partial charge in [0.2, 0.25) is 11.8 Å². The topological polar surface area (TPSA) is 66.5 Å². The van der Waals surface area contributed by atoms with Crippen LogP contribution in [0.3, 0.4) is 0 Å². The quantitative estimate of drug-likeness (QED) is 0.304. The number of carbonyl (C=O) groups excluding carboxylic acids is 3. The van der Waals surface area contributed by atoms with Gasteiger partial charge in [0.25, 0.3) is 5.91 Å². The second-order valence-electron chi connectivity index (χ2n) is 8.51. The molecule has 5 nitrogen and oxygen atoms in total. The van der Waals surface area contributed by atoms with Gasteiger partial charge in [-0.25, -0.2) is 4.90 Å². The fraction of sp³-hybridized carbons (Fsp3) is 0.261. The summed E-state index contributed by atoms with van der Waals surface area (Å²) in [5.74, 6) is -4.19. The Morgan fingerprint density at radius 1 is 0.857 bits per heavy atom. The Kier molecular flexibility index (Phi) is 5.94. The van der Waals surface area contributed by atoms with E-state index in [9.17, 15) is 14.4 Å². The predicted molar refractivity (Wildman–Crippen MR) is 140 cm³/mol. The molecule has 0 radical (unpaired) electrons. The van der Waals surface area contributed by atoms with Crippen LogP contribution in [-0.4, -0.2) is 31.8 Å². The number of nitrogens with one attached hydrogen (secondary N) is 1. The van der Waals surface area contributed by atoms with Crippen molar-refractivity contribution in [3.8, 4) is 0 Å². The van der Waals surface area contributed by atoms with Crippen molar-refractivity contribution in [1.82, 2.24) is 0 Å². The Morgan fingerprint density at radius 2 is 1.37 bits per heavy atom. The summed E-state index contributed by atoms with van der Waals surface area (Å²) in [6.45, 7) is 1.78. The van der Waals surface area contributed by atoms with E-state index >= 15 is 0 Å². The van der Waals surface area contributed by atoms with Crippen molar-refractivity contribution in [1.29, 1.82) is 0 Å². The molecular formula is C23H13Cl7N2O3. The van der Waals surface area contributed by atoms with Gasteiger partial charge >= 0.3 is 0 Å². The molecule has 1 saturated heterocycles. The summed E-state index contributed by atoms with van der Waals surface area (Å²) in [5, 5.41) is 2.99. The normalized spacial score (nSPS) is 30.8. The number of benzene rings is 2. The number of nitrogens with zero attached hydrogens (tertiary/aromatic N) is 1. The SMILES string of the molecule is Cc1c(Cl)cccc1NC(=O)c1ccc(N2C(=O)[C@H]3[C@H](C2=O)[C@@]2(Cl)C(Cl)=C(Cl)[C@@]3(Cl)C2(Cl)Cl)cc1. The lowest BCUT2D eigenvalue weighted by atomic mass is 9.84. The fourth-order valence-electron chi connectivity index (χ4n) is 4.95. The maximum absolute atomic E-state index is 13.4. The van der Waals surface area contributed by atoms with Crippen LogP contribution in [0.1, 0.15) is 15.9 Å². The summed E-state index contributed by atoms with van der Waals surface area (Å²) in [6, 6.07) is 11.1. The number of rotatable bonds is 3. The van der Waals surface area contributed by atoms with Gasteiger partial charge in [-0.05, 0) is 48.9 Å². The van der Waals surface area contributed by atoms with Crippen molar-refractivity contribution in [2.75, 3.05) is 10.2 Å². The molecule has 0 unspecified atom stereocenters. The van der Waals surface area contributed by atoms with Crippen LogP contribution in [0.5, 0.6) is 0 Å². The van der Waals surface area contributed by atoms with E-state index in [-0.39, 0.29) is 15.8 Å². The number of hydrogen-bond donors (Lipinski definition) is 1. The Bertz CT molecular complexity index is 1310. The number of amides is 3. The number of allylic oxidation sites excluding steroid dienone is 2. The maximum atomic E-state index is 13.4. The first kappa shape index (κ1) is 25.5. The van der Waals surface area contributed by atoms with Crippen LogP contribution >= 0.6 is 81.2 Å². The monoisotopic (exact) mass is 610 g/mol. The van der Waals surface area contributed by atoms with Crippen LogP contribution in [0, 0.1) is 18.8 Å². The number of imide groups is 1. The molecule has 182 valence electrons. The lowest BCUT2D eigenvalue weighted by Gasteiger charge is -2.34. The molecule has 2 aliphatic carbocycles. The van der Waals surface area contributed by atoms with E-state index in [1.165, 1.54) is 24.3 Å². The third-order valence-corrected chi connectivity index (χ3v) is 11.5. The number of alkyl halides is 4. The molecule has 2 bridgehead atoms. The third-order valence-electron chi connectivity index (χ3n) is 6.81. The average Bonchev–Trinajstić information content (AvgIpc) is 3.20.